The molecule has 1 aliphatic rings. The van der Waals surface area contributed by atoms with Gasteiger partial charge in [0.25, 0.3) is 0 Å². The highest BCUT2D eigenvalue weighted by atomic mass is 127. The van der Waals surface area contributed by atoms with Gasteiger partial charge in [0, 0.05) is 57.3 Å². The van der Waals surface area contributed by atoms with Gasteiger partial charge in [-0.15, -0.1) is 24.0 Å². The highest BCUT2D eigenvalue weighted by Crippen LogP contribution is 2.23. The minimum Gasteiger partial charge on any atom is -0.361 e. The van der Waals surface area contributed by atoms with Gasteiger partial charge in [-0.25, -0.2) is 0 Å². The van der Waals surface area contributed by atoms with Crippen LogP contribution in [-0.2, 0) is 0 Å². The number of nitrogens with zero attached hydrogens (tertiary/aromatic N) is 4. The molecular formula is C24H36IN5O. The van der Waals surface area contributed by atoms with Crippen molar-refractivity contribution in [2.45, 2.75) is 33.6 Å². The first-order valence-electron chi connectivity index (χ1n) is 11.0. The molecule has 0 aliphatic carbocycles. The third kappa shape index (κ3) is 7.35. The fourth-order valence-corrected chi connectivity index (χ4v) is 3.98. The van der Waals surface area contributed by atoms with Crippen molar-refractivity contribution in [3.8, 4) is 0 Å². The van der Waals surface area contributed by atoms with Crippen molar-refractivity contribution in [1.82, 2.24) is 20.3 Å². The molecule has 2 aromatic rings. The zero-order chi connectivity index (χ0) is 21.3. The number of hydrogen-bond donors (Lipinski definition) is 1. The lowest BCUT2D eigenvalue weighted by Gasteiger charge is -2.36. The molecule has 3 rings (SSSR count). The summed E-state index contributed by atoms with van der Waals surface area (Å²) in [4.78, 5) is 9.80. The second-order valence-corrected chi connectivity index (χ2v) is 7.93. The summed E-state index contributed by atoms with van der Waals surface area (Å²) in [5, 5.41) is 7.55. The van der Waals surface area contributed by atoms with Crippen LogP contribution in [0.3, 0.4) is 0 Å². The monoisotopic (exact) mass is 537 g/mol. The first-order chi connectivity index (χ1) is 14.6. The quantitative estimate of drug-likeness (QED) is 0.324. The summed E-state index contributed by atoms with van der Waals surface area (Å²) in [6.45, 7) is 15.0. The minimum absolute atomic E-state index is 0. The topological polar surface area (TPSA) is 56.9 Å². The van der Waals surface area contributed by atoms with E-state index in [0.717, 1.165) is 63.2 Å². The highest BCUT2D eigenvalue weighted by molar-refractivity contribution is 14.0. The van der Waals surface area contributed by atoms with E-state index in [1.54, 1.807) is 0 Å². The Kier molecular flexibility index (Phi) is 10.5. The predicted octanol–water partition coefficient (Wildman–Crippen LogP) is 4.31. The summed E-state index contributed by atoms with van der Waals surface area (Å²) in [5.41, 5.74) is 3.41. The Morgan fingerprint density at radius 1 is 1.19 bits per heavy atom. The van der Waals surface area contributed by atoms with E-state index in [1.165, 1.54) is 11.1 Å². The molecular weight excluding hydrogens is 501 g/mol. The fraction of sp³-hybridized carbons (Fsp3) is 0.500. The number of nitrogens with one attached hydrogen (secondary N) is 1. The summed E-state index contributed by atoms with van der Waals surface area (Å²) in [6, 6.07) is 10.5. The number of halogens is 1. The highest BCUT2D eigenvalue weighted by Gasteiger charge is 2.20. The van der Waals surface area contributed by atoms with E-state index in [4.69, 9.17) is 9.52 Å². The molecule has 0 amide bonds. The maximum Gasteiger partial charge on any atom is 0.194 e. The van der Waals surface area contributed by atoms with Crippen molar-refractivity contribution >= 4 is 36.0 Å². The number of aromatic nitrogens is 1. The number of rotatable bonds is 7. The summed E-state index contributed by atoms with van der Waals surface area (Å²) < 4.78 is 5.32. The zero-order valence-corrected chi connectivity index (χ0v) is 21.5. The maximum atomic E-state index is 5.32. The van der Waals surface area contributed by atoms with Gasteiger partial charge in [-0.3, -0.25) is 9.89 Å². The second-order valence-electron chi connectivity index (χ2n) is 7.93. The zero-order valence-electron chi connectivity index (χ0n) is 19.2. The van der Waals surface area contributed by atoms with E-state index in [-0.39, 0.29) is 29.9 Å². The third-order valence-electron chi connectivity index (χ3n) is 5.58. The van der Waals surface area contributed by atoms with Crippen molar-refractivity contribution < 1.29 is 4.52 Å². The number of piperazine rings is 1. The molecule has 1 fully saturated rings. The van der Waals surface area contributed by atoms with Crippen LogP contribution in [0.2, 0.25) is 0 Å². The van der Waals surface area contributed by atoms with E-state index in [2.05, 4.69) is 76.6 Å². The molecule has 1 aliphatic heterocycles. The van der Waals surface area contributed by atoms with Crippen LogP contribution in [-0.4, -0.2) is 66.7 Å². The standard InChI is InChI=1S/C24H35N5O.HI/c1-5-25-24(26-18-19(2)23-20(3)27-30-21(23)4)29-16-14-28(15-17-29)13-9-12-22-10-7-6-8-11-22;/h6-12,19H,5,13-18H2,1-4H3,(H,25,26);1H/b12-9+;. The molecule has 1 unspecified atom stereocenters. The Morgan fingerprint density at radius 2 is 1.90 bits per heavy atom. The van der Waals surface area contributed by atoms with Gasteiger partial charge in [0.05, 0.1) is 5.69 Å². The molecule has 0 bridgehead atoms. The van der Waals surface area contributed by atoms with E-state index in [1.807, 2.05) is 13.8 Å². The van der Waals surface area contributed by atoms with Gasteiger partial charge in [-0.1, -0.05) is 54.6 Å². The molecule has 1 aromatic heterocycles. The van der Waals surface area contributed by atoms with Crippen LogP contribution in [0.4, 0.5) is 0 Å². The normalized spacial score (nSPS) is 16.4. The summed E-state index contributed by atoms with van der Waals surface area (Å²) in [7, 11) is 0. The van der Waals surface area contributed by atoms with Crippen LogP contribution in [0.15, 0.2) is 45.9 Å². The number of aliphatic imine (C=N–C) groups is 1. The smallest absolute Gasteiger partial charge is 0.194 e. The van der Waals surface area contributed by atoms with Crippen molar-refractivity contribution in [3.05, 3.63) is 59.0 Å². The summed E-state index contributed by atoms with van der Waals surface area (Å²) in [5.74, 6) is 2.20. The second kappa shape index (κ2) is 12.9. The summed E-state index contributed by atoms with van der Waals surface area (Å²) in [6.07, 6.45) is 4.46. The SMILES string of the molecule is CCNC(=NCC(C)c1c(C)noc1C)N1CCN(C/C=C/c2ccccc2)CC1.I. The number of benzene rings is 1. The minimum atomic E-state index is 0. The number of guanidine groups is 1. The molecule has 1 atom stereocenters. The molecule has 1 saturated heterocycles. The Balaban J connectivity index is 0.00000341. The average Bonchev–Trinajstić information content (AvgIpc) is 3.10. The fourth-order valence-electron chi connectivity index (χ4n) is 3.98. The van der Waals surface area contributed by atoms with E-state index >= 15 is 0 Å². The largest absolute Gasteiger partial charge is 0.361 e. The van der Waals surface area contributed by atoms with E-state index < -0.39 is 0 Å². The Bertz CT molecular complexity index is 821. The Labute approximate surface area is 203 Å². The molecule has 6 nitrogen and oxygen atoms in total. The van der Waals surface area contributed by atoms with Gasteiger partial charge in [0.1, 0.15) is 5.76 Å². The van der Waals surface area contributed by atoms with E-state index in [9.17, 15) is 0 Å². The lowest BCUT2D eigenvalue weighted by atomic mass is 10.00. The third-order valence-corrected chi connectivity index (χ3v) is 5.58. The van der Waals surface area contributed by atoms with Gasteiger partial charge in [-0.2, -0.15) is 0 Å². The van der Waals surface area contributed by atoms with Gasteiger partial charge in [-0.05, 0) is 26.3 Å². The van der Waals surface area contributed by atoms with Crippen LogP contribution in [0.1, 0.15) is 42.3 Å². The van der Waals surface area contributed by atoms with Crippen LogP contribution < -0.4 is 5.32 Å². The summed E-state index contributed by atoms with van der Waals surface area (Å²) >= 11 is 0. The van der Waals surface area contributed by atoms with Crippen LogP contribution in [0.25, 0.3) is 6.08 Å². The molecule has 31 heavy (non-hydrogen) atoms. The van der Waals surface area contributed by atoms with Gasteiger partial charge >= 0.3 is 0 Å². The molecule has 0 saturated carbocycles. The molecule has 2 heterocycles. The Hall–Kier alpha value is -1.87. The average molecular weight is 537 g/mol. The number of aryl methyl sites for hydroxylation is 2. The van der Waals surface area contributed by atoms with Crippen LogP contribution >= 0.6 is 24.0 Å². The predicted molar refractivity (Wildman–Crippen MR) is 139 cm³/mol. The van der Waals surface area contributed by atoms with Gasteiger partial charge < -0.3 is 14.7 Å². The van der Waals surface area contributed by atoms with Gasteiger partial charge in [0.2, 0.25) is 0 Å². The molecule has 1 aromatic carbocycles. The molecule has 170 valence electrons. The first-order valence-corrected chi connectivity index (χ1v) is 11.0. The van der Waals surface area contributed by atoms with Crippen molar-refractivity contribution in [3.63, 3.8) is 0 Å². The van der Waals surface area contributed by atoms with Crippen molar-refractivity contribution in [2.24, 2.45) is 4.99 Å². The van der Waals surface area contributed by atoms with E-state index in [0.29, 0.717) is 0 Å². The molecule has 7 heteroatoms. The number of hydrogen-bond acceptors (Lipinski definition) is 4. The van der Waals surface area contributed by atoms with Crippen LogP contribution in [0.5, 0.6) is 0 Å². The Morgan fingerprint density at radius 3 is 2.52 bits per heavy atom. The van der Waals surface area contributed by atoms with Crippen molar-refractivity contribution in [1.29, 1.82) is 0 Å². The molecule has 0 radical (unpaired) electrons. The van der Waals surface area contributed by atoms with Crippen molar-refractivity contribution in [2.75, 3.05) is 45.8 Å². The lowest BCUT2D eigenvalue weighted by Crippen LogP contribution is -2.52. The molecule has 1 N–H and O–H groups in total. The maximum absolute atomic E-state index is 5.32. The molecule has 0 spiro atoms. The first kappa shape index (κ1) is 25.4. The van der Waals surface area contributed by atoms with Crippen LogP contribution in [0, 0.1) is 13.8 Å². The lowest BCUT2D eigenvalue weighted by molar-refractivity contribution is 0.194. The van der Waals surface area contributed by atoms with Gasteiger partial charge in [0.15, 0.2) is 5.96 Å².